The number of oxime groups is 1. The van der Waals surface area contributed by atoms with Crippen LogP contribution in [0, 0.1) is 0 Å². The van der Waals surface area contributed by atoms with Gasteiger partial charge in [-0.1, -0.05) is 0 Å². The van der Waals surface area contributed by atoms with Gasteiger partial charge in [-0.2, -0.15) is 0 Å². The van der Waals surface area contributed by atoms with Crippen LogP contribution >= 0.6 is 0 Å². The predicted octanol–water partition coefficient (Wildman–Crippen LogP) is -0.477. The summed E-state index contributed by atoms with van der Waals surface area (Å²) in [5.41, 5.74) is 0. The molecule has 54 valence electrons. The minimum absolute atomic E-state index is 0.627. The van der Waals surface area contributed by atoms with E-state index in [4.69, 9.17) is 5.21 Å². The SMILES string of the molecule is ON=CCCn1cnnn1. The molecule has 0 aliphatic carbocycles. The van der Waals surface area contributed by atoms with Crippen molar-refractivity contribution in [2.24, 2.45) is 5.16 Å². The van der Waals surface area contributed by atoms with Crippen LogP contribution in [0.1, 0.15) is 6.42 Å². The van der Waals surface area contributed by atoms with E-state index >= 15 is 0 Å². The molecule has 1 aromatic heterocycles. The lowest BCUT2D eigenvalue weighted by molar-refractivity contribution is 0.320. The largest absolute Gasteiger partial charge is 0.411 e. The Hall–Kier alpha value is -1.46. The molecule has 0 saturated carbocycles. The standard InChI is InChI=1S/C4H7N5O/c10-6-2-1-3-9-4-5-7-8-9/h2,4,10H,1,3H2. The Balaban J connectivity index is 2.28. The van der Waals surface area contributed by atoms with Crippen LogP contribution < -0.4 is 0 Å². The molecule has 0 bridgehead atoms. The third-order valence-corrected chi connectivity index (χ3v) is 0.960. The first-order valence-corrected chi connectivity index (χ1v) is 2.80. The Morgan fingerprint density at radius 3 is 3.20 bits per heavy atom. The molecule has 0 amide bonds. The van der Waals surface area contributed by atoms with Gasteiger partial charge in [0.1, 0.15) is 6.33 Å². The van der Waals surface area contributed by atoms with Crippen LogP contribution in [0.2, 0.25) is 0 Å². The van der Waals surface area contributed by atoms with Gasteiger partial charge < -0.3 is 5.21 Å². The maximum absolute atomic E-state index is 8.00. The third kappa shape index (κ3) is 1.81. The molecule has 0 saturated heterocycles. The summed E-state index contributed by atoms with van der Waals surface area (Å²) in [7, 11) is 0. The molecule has 1 heterocycles. The highest BCUT2D eigenvalue weighted by Crippen LogP contribution is 1.80. The number of aromatic nitrogens is 4. The second-order valence-corrected chi connectivity index (χ2v) is 1.66. The van der Waals surface area contributed by atoms with Gasteiger partial charge in [-0.25, -0.2) is 4.68 Å². The van der Waals surface area contributed by atoms with Crippen molar-refractivity contribution in [1.29, 1.82) is 0 Å². The molecule has 0 atom stereocenters. The number of tetrazole rings is 1. The van der Waals surface area contributed by atoms with Gasteiger partial charge in [0.25, 0.3) is 0 Å². The molecule has 1 N–H and O–H groups in total. The lowest BCUT2D eigenvalue weighted by Crippen LogP contribution is -1.98. The quantitative estimate of drug-likeness (QED) is 0.350. The molecule has 10 heavy (non-hydrogen) atoms. The van der Waals surface area contributed by atoms with E-state index < -0.39 is 0 Å². The third-order valence-electron chi connectivity index (χ3n) is 0.960. The van der Waals surface area contributed by atoms with Crippen LogP contribution in [0.25, 0.3) is 0 Å². The molecule has 0 unspecified atom stereocenters. The van der Waals surface area contributed by atoms with Crippen molar-refractivity contribution in [3.05, 3.63) is 6.33 Å². The second-order valence-electron chi connectivity index (χ2n) is 1.66. The molecule has 0 aliphatic rings. The summed E-state index contributed by atoms with van der Waals surface area (Å²) < 4.78 is 1.56. The Morgan fingerprint density at radius 2 is 2.60 bits per heavy atom. The van der Waals surface area contributed by atoms with Crippen molar-refractivity contribution >= 4 is 6.21 Å². The summed E-state index contributed by atoms with van der Waals surface area (Å²) in [6.07, 6.45) is 3.52. The normalized spacial score (nSPS) is 10.8. The van der Waals surface area contributed by atoms with Crippen LogP contribution in [0.15, 0.2) is 11.5 Å². The lowest BCUT2D eigenvalue weighted by atomic mass is 10.5. The summed E-state index contributed by atoms with van der Waals surface area (Å²) in [6.45, 7) is 0.636. The molecule has 1 aromatic rings. The summed E-state index contributed by atoms with van der Waals surface area (Å²) in [5, 5.41) is 21.3. The van der Waals surface area contributed by atoms with E-state index in [0.29, 0.717) is 13.0 Å². The number of hydrogen-bond acceptors (Lipinski definition) is 5. The smallest absolute Gasteiger partial charge is 0.138 e. The van der Waals surface area contributed by atoms with E-state index in [0.717, 1.165) is 0 Å². The fourth-order valence-corrected chi connectivity index (χ4v) is 0.530. The van der Waals surface area contributed by atoms with Gasteiger partial charge in [0.15, 0.2) is 0 Å². The van der Waals surface area contributed by atoms with Gasteiger partial charge in [0, 0.05) is 19.2 Å². The summed E-state index contributed by atoms with van der Waals surface area (Å²) in [4.78, 5) is 0. The Morgan fingerprint density at radius 1 is 1.70 bits per heavy atom. The zero-order valence-electron chi connectivity index (χ0n) is 5.25. The fourth-order valence-electron chi connectivity index (χ4n) is 0.530. The number of aryl methyl sites for hydroxylation is 1. The van der Waals surface area contributed by atoms with Crippen molar-refractivity contribution < 1.29 is 5.21 Å². The maximum Gasteiger partial charge on any atom is 0.138 e. The first kappa shape index (κ1) is 6.66. The highest BCUT2D eigenvalue weighted by molar-refractivity contribution is 5.55. The fraction of sp³-hybridized carbons (Fsp3) is 0.500. The van der Waals surface area contributed by atoms with E-state index in [1.807, 2.05) is 0 Å². The van der Waals surface area contributed by atoms with Gasteiger partial charge in [0.2, 0.25) is 0 Å². The molecule has 6 heteroatoms. The Labute approximate surface area is 57.2 Å². The van der Waals surface area contributed by atoms with Crippen molar-refractivity contribution in [3.63, 3.8) is 0 Å². The first-order valence-electron chi connectivity index (χ1n) is 2.80. The van der Waals surface area contributed by atoms with Crippen molar-refractivity contribution in [2.45, 2.75) is 13.0 Å². The van der Waals surface area contributed by atoms with Gasteiger partial charge in [-0.05, 0) is 10.4 Å². The summed E-state index contributed by atoms with van der Waals surface area (Å²) >= 11 is 0. The first-order chi connectivity index (χ1) is 4.93. The summed E-state index contributed by atoms with van der Waals surface area (Å²) in [6, 6.07) is 0. The van der Waals surface area contributed by atoms with Crippen molar-refractivity contribution in [1.82, 2.24) is 20.2 Å². The monoisotopic (exact) mass is 141 g/mol. The van der Waals surface area contributed by atoms with Gasteiger partial charge in [-0.3, -0.25) is 0 Å². The lowest BCUT2D eigenvalue weighted by Gasteiger charge is -1.90. The van der Waals surface area contributed by atoms with Crippen LogP contribution in [0.5, 0.6) is 0 Å². The molecule has 0 fully saturated rings. The molecular formula is C4H7N5O. The predicted molar refractivity (Wildman–Crippen MR) is 32.7 cm³/mol. The average molecular weight is 141 g/mol. The van der Waals surface area contributed by atoms with E-state index in [1.165, 1.54) is 12.5 Å². The van der Waals surface area contributed by atoms with Gasteiger partial charge >= 0.3 is 0 Å². The average Bonchev–Trinajstić information content (AvgIpc) is 2.41. The van der Waals surface area contributed by atoms with Gasteiger partial charge in [-0.15, -0.1) is 10.3 Å². The van der Waals surface area contributed by atoms with Crippen LogP contribution in [-0.2, 0) is 6.54 Å². The second kappa shape index (κ2) is 3.54. The van der Waals surface area contributed by atoms with E-state index in [9.17, 15) is 0 Å². The molecule has 0 radical (unpaired) electrons. The molecule has 1 rings (SSSR count). The minimum Gasteiger partial charge on any atom is -0.411 e. The molecule has 6 nitrogen and oxygen atoms in total. The van der Waals surface area contributed by atoms with Gasteiger partial charge in [0.05, 0.1) is 0 Å². The van der Waals surface area contributed by atoms with Crippen LogP contribution in [-0.4, -0.2) is 31.6 Å². The van der Waals surface area contributed by atoms with E-state index in [1.54, 1.807) is 4.68 Å². The van der Waals surface area contributed by atoms with Crippen LogP contribution in [0.3, 0.4) is 0 Å². The zero-order chi connectivity index (χ0) is 7.23. The van der Waals surface area contributed by atoms with E-state index in [-0.39, 0.29) is 0 Å². The highest BCUT2D eigenvalue weighted by atomic mass is 16.4. The number of rotatable bonds is 3. The van der Waals surface area contributed by atoms with Crippen LogP contribution in [0.4, 0.5) is 0 Å². The Kier molecular flexibility index (Phi) is 2.36. The highest BCUT2D eigenvalue weighted by Gasteiger charge is 1.88. The van der Waals surface area contributed by atoms with Crippen molar-refractivity contribution in [3.8, 4) is 0 Å². The van der Waals surface area contributed by atoms with E-state index in [2.05, 4.69) is 20.7 Å². The number of hydrogen-bond donors (Lipinski definition) is 1. The molecule has 0 aromatic carbocycles. The molecular weight excluding hydrogens is 134 g/mol. The maximum atomic E-state index is 8.00. The number of nitrogens with zero attached hydrogens (tertiary/aromatic N) is 5. The Bertz CT molecular complexity index is 193. The van der Waals surface area contributed by atoms with Crippen molar-refractivity contribution in [2.75, 3.05) is 0 Å². The minimum atomic E-state index is 0.627. The zero-order valence-corrected chi connectivity index (χ0v) is 5.25. The summed E-state index contributed by atoms with van der Waals surface area (Å²) in [5.74, 6) is 0. The topological polar surface area (TPSA) is 76.2 Å². The molecule has 0 spiro atoms. The molecule has 0 aliphatic heterocycles.